The summed E-state index contributed by atoms with van der Waals surface area (Å²) in [6.45, 7) is 6.48. The molecule has 6 heteroatoms. The quantitative estimate of drug-likeness (QED) is 0.0263. The van der Waals surface area contributed by atoms with E-state index in [9.17, 15) is 14.4 Å². The van der Waals surface area contributed by atoms with E-state index in [1.165, 1.54) is 135 Å². The summed E-state index contributed by atoms with van der Waals surface area (Å²) in [5, 5.41) is 0. The summed E-state index contributed by atoms with van der Waals surface area (Å²) >= 11 is 0. The van der Waals surface area contributed by atoms with Crippen molar-refractivity contribution in [2.45, 2.75) is 271 Å². The highest BCUT2D eigenvalue weighted by Crippen LogP contribution is 2.16. The molecule has 0 aliphatic heterocycles. The number of carbonyl (C=O) groups excluding carboxylic acids is 3. The van der Waals surface area contributed by atoms with Crippen LogP contribution in [-0.4, -0.2) is 37.2 Å². The molecule has 0 aromatic rings. The Bertz CT molecular complexity index is 1070. The fourth-order valence-electron chi connectivity index (χ4n) is 7.42. The van der Waals surface area contributed by atoms with Gasteiger partial charge in [0.25, 0.3) is 0 Å². The van der Waals surface area contributed by atoms with Crippen LogP contribution in [0.15, 0.2) is 48.6 Å². The topological polar surface area (TPSA) is 78.9 Å². The summed E-state index contributed by atoms with van der Waals surface area (Å²) in [6.07, 6.45) is 59.7. The highest BCUT2D eigenvalue weighted by Gasteiger charge is 2.19. The van der Waals surface area contributed by atoms with Gasteiger partial charge in [-0.3, -0.25) is 14.4 Å². The molecule has 1 unspecified atom stereocenters. The molecule has 354 valence electrons. The van der Waals surface area contributed by atoms with Gasteiger partial charge in [0.05, 0.1) is 0 Å². The maximum absolute atomic E-state index is 12.7. The number of hydrogen-bond donors (Lipinski definition) is 0. The Hall–Kier alpha value is -2.63. The molecule has 0 saturated carbocycles. The number of ether oxygens (including phenoxy) is 3. The van der Waals surface area contributed by atoms with Gasteiger partial charge in [0, 0.05) is 19.3 Å². The average molecular weight is 855 g/mol. The number of hydrogen-bond acceptors (Lipinski definition) is 6. The molecular formula is C55H98O6. The zero-order chi connectivity index (χ0) is 44.4. The molecule has 6 nitrogen and oxygen atoms in total. The maximum atomic E-state index is 12.7. The number of allylic oxidation sites excluding steroid dienone is 8. The minimum absolute atomic E-state index is 0.0977. The van der Waals surface area contributed by atoms with E-state index in [4.69, 9.17) is 14.2 Å². The van der Waals surface area contributed by atoms with Crippen molar-refractivity contribution in [3.8, 4) is 0 Å². The molecule has 0 rings (SSSR count). The molecule has 0 fully saturated rings. The monoisotopic (exact) mass is 855 g/mol. The maximum Gasteiger partial charge on any atom is 0.306 e. The van der Waals surface area contributed by atoms with Gasteiger partial charge in [0.2, 0.25) is 0 Å². The van der Waals surface area contributed by atoms with Crippen LogP contribution in [0.25, 0.3) is 0 Å². The zero-order valence-electron chi connectivity index (χ0n) is 40.4. The summed E-state index contributed by atoms with van der Waals surface area (Å²) in [6, 6.07) is 0. The first-order chi connectivity index (χ1) is 30.0. The summed E-state index contributed by atoms with van der Waals surface area (Å²) in [7, 11) is 0. The van der Waals surface area contributed by atoms with Gasteiger partial charge in [-0.1, -0.05) is 230 Å². The van der Waals surface area contributed by atoms with Crippen molar-refractivity contribution in [3.05, 3.63) is 48.6 Å². The smallest absolute Gasteiger partial charge is 0.306 e. The SMILES string of the molecule is CC/C=C\C/C=C\CCCCCCCC(=O)OCC(COC(=O)CCCCCCCCCCCCCCCCCCCC)OC(=O)CC/C=C\C/C=C\CCCCCCCC. The number of esters is 3. The van der Waals surface area contributed by atoms with Crippen molar-refractivity contribution in [2.24, 2.45) is 0 Å². The molecule has 0 aromatic heterocycles. The molecule has 0 bridgehead atoms. The van der Waals surface area contributed by atoms with Crippen molar-refractivity contribution in [1.82, 2.24) is 0 Å². The van der Waals surface area contributed by atoms with Gasteiger partial charge in [0.1, 0.15) is 13.2 Å². The van der Waals surface area contributed by atoms with Crippen molar-refractivity contribution in [1.29, 1.82) is 0 Å². The molecule has 0 N–H and O–H groups in total. The van der Waals surface area contributed by atoms with Gasteiger partial charge >= 0.3 is 17.9 Å². The summed E-state index contributed by atoms with van der Waals surface area (Å²) in [5.74, 6) is -0.974. The lowest BCUT2D eigenvalue weighted by Crippen LogP contribution is -2.30. The van der Waals surface area contributed by atoms with Crippen LogP contribution in [-0.2, 0) is 28.6 Å². The van der Waals surface area contributed by atoms with Crippen LogP contribution in [0.3, 0.4) is 0 Å². The first kappa shape index (κ1) is 58.4. The molecule has 0 aromatic carbocycles. The van der Waals surface area contributed by atoms with E-state index in [0.29, 0.717) is 19.3 Å². The van der Waals surface area contributed by atoms with Crippen LogP contribution in [0.1, 0.15) is 265 Å². The van der Waals surface area contributed by atoms with E-state index in [1.54, 1.807) is 0 Å². The second kappa shape index (κ2) is 50.0. The molecule has 0 saturated heterocycles. The fraction of sp³-hybridized carbons (Fsp3) is 0.800. The second-order valence-electron chi connectivity index (χ2n) is 17.4. The minimum Gasteiger partial charge on any atom is -0.462 e. The second-order valence-corrected chi connectivity index (χ2v) is 17.4. The third-order valence-corrected chi connectivity index (χ3v) is 11.3. The van der Waals surface area contributed by atoms with Gasteiger partial charge in [-0.25, -0.2) is 0 Å². The first-order valence-corrected chi connectivity index (χ1v) is 26.1. The summed E-state index contributed by atoms with van der Waals surface area (Å²) in [5.41, 5.74) is 0. The molecule has 0 aliphatic rings. The summed E-state index contributed by atoms with van der Waals surface area (Å²) < 4.78 is 16.7. The number of rotatable bonds is 47. The first-order valence-electron chi connectivity index (χ1n) is 26.1. The third kappa shape index (κ3) is 48.3. The zero-order valence-corrected chi connectivity index (χ0v) is 40.4. The van der Waals surface area contributed by atoms with Crippen molar-refractivity contribution in [3.63, 3.8) is 0 Å². The van der Waals surface area contributed by atoms with Crippen molar-refractivity contribution < 1.29 is 28.6 Å². The Labute approximate surface area is 378 Å². The van der Waals surface area contributed by atoms with E-state index in [-0.39, 0.29) is 37.5 Å². The molecule has 0 heterocycles. The number of unbranched alkanes of at least 4 members (excludes halogenated alkanes) is 28. The lowest BCUT2D eigenvalue weighted by atomic mass is 10.0. The predicted octanol–water partition coefficient (Wildman–Crippen LogP) is 17.1. The fourth-order valence-corrected chi connectivity index (χ4v) is 7.42. The molecule has 0 spiro atoms. The van der Waals surface area contributed by atoms with Gasteiger partial charge in [-0.2, -0.15) is 0 Å². The molecular weight excluding hydrogens is 757 g/mol. The van der Waals surface area contributed by atoms with E-state index in [0.717, 1.165) is 83.5 Å². The van der Waals surface area contributed by atoms with Crippen LogP contribution < -0.4 is 0 Å². The van der Waals surface area contributed by atoms with E-state index < -0.39 is 6.10 Å². The number of carbonyl (C=O) groups is 3. The summed E-state index contributed by atoms with van der Waals surface area (Å²) in [4.78, 5) is 37.9. The Morgan fingerprint density at radius 3 is 1.05 bits per heavy atom. The Balaban J connectivity index is 4.37. The molecule has 61 heavy (non-hydrogen) atoms. The van der Waals surface area contributed by atoms with Gasteiger partial charge < -0.3 is 14.2 Å². The average Bonchev–Trinajstić information content (AvgIpc) is 3.26. The van der Waals surface area contributed by atoms with E-state index in [2.05, 4.69) is 63.3 Å². The van der Waals surface area contributed by atoms with Crippen molar-refractivity contribution >= 4 is 17.9 Å². The van der Waals surface area contributed by atoms with E-state index in [1.807, 2.05) is 6.08 Å². The lowest BCUT2D eigenvalue weighted by Gasteiger charge is -2.18. The molecule has 0 radical (unpaired) electrons. The molecule has 1 atom stereocenters. The standard InChI is InChI=1S/C55H98O6/c1-4-7-10-13-16-19-22-25-26-27-28-29-31-33-36-39-42-45-48-54(57)60-51-52(50-59-53(56)47-44-41-38-35-32-24-21-18-15-12-9-6-3)61-55(58)49-46-43-40-37-34-30-23-20-17-14-11-8-5-2/h9,12,18,21,30,34,40,43,52H,4-8,10-11,13-17,19-20,22-29,31-33,35-39,41-42,44-51H2,1-3H3/b12-9-,21-18-,34-30-,43-40-. The third-order valence-electron chi connectivity index (χ3n) is 11.3. The van der Waals surface area contributed by atoms with Gasteiger partial charge in [-0.05, 0) is 64.2 Å². The molecule has 0 aliphatic carbocycles. The van der Waals surface area contributed by atoms with Crippen molar-refractivity contribution in [2.75, 3.05) is 13.2 Å². The predicted molar refractivity (Wildman–Crippen MR) is 261 cm³/mol. The Kier molecular flexibility index (Phi) is 47.9. The Morgan fingerprint density at radius 2 is 0.672 bits per heavy atom. The van der Waals surface area contributed by atoms with Gasteiger partial charge in [-0.15, -0.1) is 0 Å². The highest BCUT2D eigenvalue weighted by molar-refractivity contribution is 5.71. The van der Waals surface area contributed by atoms with Crippen LogP contribution in [0, 0.1) is 0 Å². The van der Waals surface area contributed by atoms with Crippen LogP contribution >= 0.6 is 0 Å². The van der Waals surface area contributed by atoms with Gasteiger partial charge in [0.15, 0.2) is 6.10 Å². The normalized spacial score (nSPS) is 12.4. The van der Waals surface area contributed by atoms with Crippen LogP contribution in [0.2, 0.25) is 0 Å². The minimum atomic E-state index is -0.805. The van der Waals surface area contributed by atoms with E-state index >= 15 is 0 Å². The molecule has 0 amide bonds. The van der Waals surface area contributed by atoms with Crippen LogP contribution in [0.5, 0.6) is 0 Å². The highest BCUT2D eigenvalue weighted by atomic mass is 16.6. The van der Waals surface area contributed by atoms with Crippen LogP contribution in [0.4, 0.5) is 0 Å². The lowest BCUT2D eigenvalue weighted by molar-refractivity contribution is -0.166. The largest absolute Gasteiger partial charge is 0.462 e. The Morgan fingerprint density at radius 1 is 0.344 bits per heavy atom.